The van der Waals surface area contributed by atoms with Gasteiger partial charge in [-0.1, -0.05) is 6.07 Å². The molecule has 2 rings (SSSR count). The van der Waals surface area contributed by atoms with E-state index in [-0.39, 0.29) is 23.2 Å². The van der Waals surface area contributed by atoms with Crippen molar-refractivity contribution in [2.24, 2.45) is 0 Å². The summed E-state index contributed by atoms with van der Waals surface area (Å²) >= 11 is 0. The summed E-state index contributed by atoms with van der Waals surface area (Å²) in [5.74, 6) is -0.512. The van der Waals surface area contributed by atoms with Gasteiger partial charge in [0, 0.05) is 38.6 Å². The largest absolute Gasteiger partial charge is 0.378 e. The van der Waals surface area contributed by atoms with Gasteiger partial charge in [-0.15, -0.1) is 0 Å². The minimum atomic E-state index is -0.341. The molecule has 2 amide bonds. The third-order valence-corrected chi connectivity index (χ3v) is 3.89. The monoisotopic (exact) mass is 340 g/mol. The molecule has 1 heterocycles. The predicted octanol–water partition coefficient (Wildman–Crippen LogP) is 2.88. The normalized spacial score (nSPS) is 10.2. The van der Waals surface area contributed by atoms with Crippen molar-refractivity contribution in [3.8, 4) is 0 Å². The molecule has 2 aromatic rings. The number of hydrogen-bond acceptors (Lipinski definition) is 4. The number of pyridine rings is 1. The van der Waals surface area contributed by atoms with Gasteiger partial charge in [-0.2, -0.15) is 0 Å². The summed E-state index contributed by atoms with van der Waals surface area (Å²) in [5, 5.41) is 2.80. The molecule has 0 unspecified atom stereocenters. The predicted molar refractivity (Wildman–Crippen MR) is 100 cm³/mol. The first-order valence-electron chi connectivity index (χ1n) is 8.31. The number of aromatic nitrogens is 1. The Kier molecular flexibility index (Phi) is 6.11. The van der Waals surface area contributed by atoms with Crippen molar-refractivity contribution < 1.29 is 9.59 Å². The fourth-order valence-corrected chi connectivity index (χ4v) is 2.39. The van der Waals surface area contributed by atoms with E-state index in [1.165, 1.54) is 0 Å². The fraction of sp³-hybridized carbons (Fsp3) is 0.316. The molecule has 6 heteroatoms. The number of carbonyl (C=O) groups excluding carboxylic acids is 2. The molecule has 0 saturated carbocycles. The Balaban J connectivity index is 2.14. The highest BCUT2D eigenvalue weighted by Gasteiger charge is 2.16. The van der Waals surface area contributed by atoms with Crippen molar-refractivity contribution >= 4 is 23.2 Å². The highest BCUT2D eigenvalue weighted by molar-refractivity contribution is 6.03. The van der Waals surface area contributed by atoms with Crippen LogP contribution in [-0.2, 0) is 0 Å². The van der Waals surface area contributed by atoms with Crippen LogP contribution < -0.4 is 10.2 Å². The van der Waals surface area contributed by atoms with E-state index in [4.69, 9.17) is 0 Å². The molecule has 25 heavy (non-hydrogen) atoms. The smallest absolute Gasteiger partial charge is 0.274 e. The third-order valence-electron chi connectivity index (χ3n) is 3.89. The molecule has 0 atom stereocenters. The summed E-state index contributed by atoms with van der Waals surface area (Å²) in [5.41, 5.74) is 2.22. The van der Waals surface area contributed by atoms with Crippen molar-refractivity contribution in [3.05, 3.63) is 53.9 Å². The van der Waals surface area contributed by atoms with Crippen LogP contribution in [0.1, 0.15) is 34.8 Å². The van der Waals surface area contributed by atoms with E-state index in [9.17, 15) is 9.59 Å². The number of anilines is 2. The maximum Gasteiger partial charge on any atom is 0.274 e. The van der Waals surface area contributed by atoms with E-state index in [2.05, 4.69) is 10.3 Å². The molecule has 0 saturated heterocycles. The molecule has 0 fully saturated rings. The molecule has 0 spiro atoms. The van der Waals surface area contributed by atoms with E-state index < -0.39 is 0 Å². The second-order valence-corrected chi connectivity index (χ2v) is 5.78. The number of nitrogens with one attached hydrogen (secondary N) is 1. The van der Waals surface area contributed by atoms with Crippen LogP contribution in [0.5, 0.6) is 0 Å². The van der Waals surface area contributed by atoms with Gasteiger partial charge in [0.2, 0.25) is 0 Å². The number of amides is 2. The van der Waals surface area contributed by atoms with Gasteiger partial charge in [-0.05, 0) is 50.2 Å². The molecular formula is C19H24N4O2. The first kappa shape index (κ1) is 18.4. The number of hydrogen-bond donors (Lipinski definition) is 1. The topological polar surface area (TPSA) is 65.5 Å². The van der Waals surface area contributed by atoms with Gasteiger partial charge in [-0.25, -0.2) is 4.98 Å². The van der Waals surface area contributed by atoms with E-state index in [0.717, 1.165) is 5.69 Å². The zero-order chi connectivity index (χ0) is 18.4. The van der Waals surface area contributed by atoms with Gasteiger partial charge in [-0.3, -0.25) is 9.59 Å². The summed E-state index contributed by atoms with van der Waals surface area (Å²) in [6.45, 7) is 5.03. The van der Waals surface area contributed by atoms with Crippen molar-refractivity contribution in [2.75, 3.05) is 37.4 Å². The zero-order valence-electron chi connectivity index (χ0n) is 15.1. The fourth-order valence-electron chi connectivity index (χ4n) is 2.39. The Morgan fingerprint density at radius 2 is 1.56 bits per heavy atom. The van der Waals surface area contributed by atoms with Gasteiger partial charge < -0.3 is 15.1 Å². The summed E-state index contributed by atoms with van der Waals surface area (Å²) < 4.78 is 0. The van der Waals surface area contributed by atoms with Crippen LogP contribution >= 0.6 is 0 Å². The Bertz CT molecular complexity index is 737. The van der Waals surface area contributed by atoms with Gasteiger partial charge in [0.15, 0.2) is 0 Å². The van der Waals surface area contributed by atoms with Crippen LogP contribution in [-0.4, -0.2) is 48.9 Å². The van der Waals surface area contributed by atoms with Crippen molar-refractivity contribution in [2.45, 2.75) is 13.8 Å². The summed E-state index contributed by atoms with van der Waals surface area (Å²) in [6, 6.07) is 12.4. The lowest BCUT2D eigenvalue weighted by molar-refractivity contribution is 0.0767. The minimum absolute atomic E-state index is 0.171. The lowest BCUT2D eigenvalue weighted by Gasteiger charge is -2.18. The van der Waals surface area contributed by atoms with Crippen molar-refractivity contribution in [1.82, 2.24) is 9.88 Å². The second kappa shape index (κ2) is 8.28. The number of carbonyl (C=O) groups is 2. The van der Waals surface area contributed by atoms with Crippen molar-refractivity contribution in [1.29, 1.82) is 0 Å². The van der Waals surface area contributed by atoms with E-state index in [1.807, 2.05) is 57.1 Å². The van der Waals surface area contributed by atoms with Crippen LogP contribution in [0.2, 0.25) is 0 Å². The maximum atomic E-state index is 12.4. The second-order valence-electron chi connectivity index (χ2n) is 5.78. The Morgan fingerprint density at radius 1 is 0.960 bits per heavy atom. The molecule has 1 aromatic carbocycles. The SMILES string of the molecule is CCN(CC)C(=O)c1cccc(C(=O)Nc2ccc(N(C)C)cc2)n1. The molecule has 1 N–H and O–H groups in total. The Labute approximate surface area is 148 Å². The quantitative estimate of drug-likeness (QED) is 0.878. The molecule has 0 radical (unpaired) electrons. The molecule has 1 aromatic heterocycles. The highest BCUT2D eigenvalue weighted by Crippen LogP contribution is 2.16. The van der Waals surface area contributed by atoms with Gasteiger partial charge >= 0.3 is 0 Å². The van der Waals surface area contributed by atoms with Crippen LogP contribution in [0.15, 0.2) is 42.5 Å². The van der Waals surface area contributed by atoms with E-state index >= 15 is 0 Å². The number of benzene rings is 1. The van der Waals surface area contributed by atoms with Gasteiger partial charge in [0.05, 0.1) is 0 Å². The summed E-state index contributed by atoms with van der Waals surface area (Å²) in [6.07, 6.45) is 0. The van der Waals surface area contributed by atoms with Crippen LogP contribution in [0, 0.1) is 0 Å². The van der Waals surface area contributed by atoms with Crippen molar-refractivity contribution in [3.63, 3.8) is 0 Å². The summed E-state index contributed by atoms with van der Waals surface area (Å²) in [7, 11) is 3.91. The Hall–Kier alpha value is -2.89. The number of nitrogens with zero attached hydrogens (tertiary/aromatic N) is 3. The van der Waals surface area contributed by atoms with Crippen LogP contribution in [0.25, 0.3) is 0 Å². The lowest BCUT2D eigenvalue weighted by atomic mass is 10.2. The Morgan fingerprint density at radius 3 is 2.12 bits per heavy atom. The standard InChI is InChI=1S/C19H24N4O2/c1-5-23(6-2)19(25)17-9-7-8-16(21-17)18(24)20-14-10-12-15(13-11-14)22(3)4/h7-13H,5-6H2,1-4H3,(H,20,24). The van der Waals surface area contributed by atoms with Crippen LogP contribution in [0.4, 0.5) is 11.4 Å². The molecular weight excluding hydrogens is 316 g/mol. The van der Waals surface area contributed by atoms with Crippen LogP contribution in [0.3, 0.4) is 0 Å². The highest BCUT2D eigenvalue weighted by atomic mass is 16.2. The van der Waals surface area contributed by atoms with Gasteiger partial charge in [0.1, 0.15) is 11.4 Å². The van der Waals surface area contributed by atoms with Gasteiger partial charge in [0.25, 0.3) is 11.8 Å². The average molecular weight is 340 g/mol. The zero-order valence-corrected chi connectivity index (χ0v) is 15.1. The third kappa shape index (κ3) is 4.56. The first-order chi connectivity index (χ1) is 12.0. The molecule has 0 aliphatic carbocycles. The molecule has 0 bridgehead atoms. The maximum absolute atomic E-state index is 12.4. The van der Waals surface area contributed by atoms with E-state index in [1.54, 1.807) is 23.1 Å². The first-order valence-corrected chi connectivity index (χ1v) is 8.31. The summed E-state index contributed by atoms with van der Waals surface area (Å²) in [4.78, 5) is 32.6. The number of rotatable bonds is 6. The molecule has 6 nitrogen and oxygen atoms in total. The molecule has 132 valence electrons. The molecule has 0 aliphatic heterocycles. The minimum Gasteiger partial charge on any atom is -0.378 e. The molecule has 0 aliphatic rings. The van der Waals surface area contributed by atoms with E-state index in [0.29, 0.717) is 18.8 Å². The lowest BCUT2D eigenvalue weighted by Crippen LogP contribution is -2.31. The average Bonchev–Trinajstić information content (AvgIpc) is 2.63.